The third kappa shape index (κ3) is 3.05. The van der Waals surface area contributed by atoms with E-state index in [0.29, 0.717) is 5.01 Å². The second-order valence-corrected chi connectivity index (χ2v) is 7.34. The fourth-order valence-corrected chi connectivity index (χ4v) is 3.37. The molecular weight excluding hydrogens is 296 g/mol. The van der Waals surface area contributed by atoms with Gasteiger partial charge in [0, 0.05) is 0 Å². The largest absolute Gasteiger partial charge is 0.276 e. The monoisotopic (exact) mass is 310 g/mol. The van der Waals surface area contributed by atoms with Crippen LogP contribution in [0.3, 0.4) is 0 Å². The van der Waals surface area contributed by atoms with Crippen molar-refractivity contribution in [3.63, 3.8) is 0 Å². The number of nitrogens with one attached hydrogen (secondary N) is 1. The van der Waals surface area contributed by atoms with Crippen LogP contribution < -0.4 is 4.72 Å². The molecule has 0 radical (unpaired) electrons. The number of aromatic nitrogens is 1. The molecule has 0 atom stereocenters. The number of carbonyl (C=O) groups excluding carboxylic acids is 1. The molecule has 1 N–H and O–H groups in total. The predicted molar refractivity (Wildman–Crippen MR) is 77.4 cm³/mol. The number of benzene rings is 1. The van der Waals surface area contributed by atoms with Crippen molar-refractivity contribution in [2.45, 2.75) is 25.7 Å². The zero-order valence-corrected chi connectivity index (χ0v) is 12.9. The Kier molecular flexibility index (Phi) is 3.92. The number of rotatable bonds is 3. The Hall–Kier alpha value is -1.73. The smallest absolute Gasteiger partial charge is 0.267 e. The van der Waals surface area contributed by atoms with Crippen molar-refractivity contribution < 1.29 is 13.2 Å². The van der Waals surface area contributed by atoms with Crippen LogP contribution in [0.5, 0.6) is 0 Å². The lowest BCUT2D eigenvalue weighted by Gasteiger charge is -2.07. The van der Waals surface area contributed by atoms with Gasteiger partial charge in [0.25, 0.3) is 15.9 Å². The lowest BCUT2D eigenvalue weighted by molar-refractivity contribution is 0.0985. The van der Waals surface area contributed by atoms with Crippen molar-refractivity contribution in [1.82, 2.24) is 9.71 Å². The van der Waals surface area contributed by atoms with Crippen LogP contribution in [0.1, 0.15) is 25.8 Å². The Bertz CT molecular complexity index is 764. The number of thiazole rings is 1. The Balaban J connectivity index is 2.27. The third-order valence-corrected chi connectivity index (χ3v) is 5.10. The van der Waals surface area contributed by atoms with Gasteiger partial charge in [0.05, 0.1) is 16.1 Å². The Morgan fingerprint density at radius 2 is 1.90 bits per heavy atom. The maximum atomic E-state index is 12.1. The summed E-state index contributed by atoms with van der Waals surface area (Å²) in [6.07, 6.45) is 1.37. The van der Waals surface area contributed by atoms with E-state index in [1.807, 2.05) is 13.8 Å². The minimum absolute atomic E-state index is 0.0789. The van der Waals surface area contributed by atoms with Crippen LogP contribution in [-0.4, -0.2) is 19.3 Å². The van der Waals surface area contributed by atoms with Crippen LogP contribution in [-0.2, 0) is 10.0 Å². The van der Waals surface area contributed by atoms with E-state index in [1.165, 1.54) is 12.3 Å². The second-order valence-electron chi connectivity index (χ2n) is 4.42. The molecule has 1 heterocycles. The Labute approximate surface area is 121 Å². The van der Waals surface area contributed by atoms with Crippen molar-refractivity contribution in [1.29, 1.82) is 0 Å². The molecule has 1 amide bonds. The van der Waals surface area contributed by atoms with Gasteiger partial charge in [-0.15, -0.1) is 11.3 Å². The maximum Gasteiger partial charge on any atom is 0.276 e. The molecule has 0 bridgehead atoms. The third-order valence-electron chi connectivity index (χ3n) is 2.86. The van der Waals surface area contributed by atoms with E-state index >= 15 is 0 Å². The van der Waals surface area contributed by atoms with Gasteiger partial charge >= 0.3 is 0 Å². The number of amides is 1. The molecule has 0 aliphatic carbocycles. The van der Waals surface area contributed by atoms with Gasteiger partial charge in [0.2, 0.25) is 0 Å². The van der Waals surface area contributed by atoms with Crippen molar-refractivity contribution in [3.05, 3.63) is 45.4 Å². The van der Waals surface area contributed by atoms with Crippen LogP contribution in [0.15, 0.2) is 29.3 Å². The summed E-state index contributed by atoms with van der Waals surface area (Å²) in [5, 5.41) is 0.707. The van der Waals surface area contributed by atoms with Crippen molar-refractivity contribution in [2.24, 2.45) is 0 Å². The summed E-state index contributed by atoms with van der Waals surface area (Å²) in [6.45, 7) is 5.46. The maximum absolute atomic E-state index is 12.1. The summed E-state index contributed by atoms with van der Waals surface area (Å²) >= 11 is 1.15. The number of hydrogen-bond donors (Lipinski definition) is 1. The zero-order chi connectivity index (χ0) is 14.9. The van der Waals surface area contributed by atoms with Gasteiger partial charge < -0.3 is 0 Å². The summed E-state index contributed by atoms with van der Waals surface area (Å²) in [5.41, 5.74) is 1.85. The average Bonchev–Trinajstić information content (AvgIpc) is 2.79. The van der Waals surface area contributed by atoms with Crippen molar-refractivity contribution >= 4 is 27.3 Å². The summed E-state index contributed by atoms with van der Waals surface area (Å²) < 4.78 is 26.3. The first-order chi connectivity index (χ1) is 9.29. The minimum atomic E-state index is -3.86. The number of aryl methyl sites for hydroxylation is 3. The number of carbonyl (C=O) groups is 1. The number of sulfonamides is 1. The molecular formula is C13H14N2O3S2. The number of nitrogens with zero attached hydrogens (tertiary/aromatic N) is 1. The molecule has 0 aliphatic rings. The lowest BCUT2D eigenvalue weighted by atomic mass is 10.1. The highest BCUT2D eigenvalue weighted by atomic mass is 32.2. The van der Waals surface area contributed by atoms with Gasteiger partial charge in [-0.25, -0.2) is 18.1 Å². The normalized spacial score (nSPS) is 11.3. The van der Waals surface area contributed by atoms with Gasteiger partial charge in [0.15, 0.2) is 0 Å². The zero-order valence-electron chi connectivity index (χ0n) is 11.3. The first-order valence-electron chi connectivity index (χ1n) is 5.86. The SMILES string of the molecule is Cc1ncc(C(=O)NS(=O)(=O)c2ccc(C)c(C)c2)s1. The van der Waals surface area contributed by atoms with E-state index in [1.54, 1.807) is 19.1 Å². The summed E-state index contributed by atoms with van der Waals surface area (Å²) in [6, 6.07) is 4.74. The Morgan fingerprint density at radius 1 is 1.20 bits per heavy atom. The molecule has 0 aliphatic heterocycles. The molecule has 1 aromatic heterocycles. The van der Waals surface area contributed by atoms with Gasteiger partial charge in [-0.1, -0.05) is 6.07 Å². The molecule has 0 saturated carbocycles. The van der Waals surface area contributed by atoms with Crippen LogP contribution in [0.4, 0.5) is 0 Å². The van der Waals surface area contributed by atoms with E-state index in [9.17, 15) is 13.2 Å². The minimum Gasteiger partial charge on any atom is -0.267 e. The quantitative estimate of drug-likeness (QED) is 0.943. The fourth-order valence-electron chi connectivity index (χ4n) is 1.58. The van der Waals surface area contributed by atoms with Crippen LogP contribution in [0.25, 0.3) is 0 Å². The average molecular weight is 310 g/mol. The summed E-state index contributed by atoms with van der Waals surface area (Å²) in [4.78, 5) is 16.2. The molecule has 5 nitrogen and oxygen atoms in total. The molecule has 20 heavy (non-hydrogen) atoms. The molecule has 0 spiro atoms. The molecule has 7 heteroatoms. The van der Waals surface area contributed by atoms with Gasteiger partial charge in [-0.2, -0.15) is 0 Å². The first-order valence-corrected chi connectivity index (χ1v) is 8.16. The highest BCUT2D eigenvalue weighted by Crippen LogP contribution is 2.16. The molecule has 106 valence electrons. The summed E-state index contributed by atoms with van der Waals surface area (Å²) in [7, 11) is -3.86. The molecule has 2 aromatic rings. The topological polar surface area (TPSA) is 76.1 Å². The van der Waals surface area contributed by atoms with Crippen LogP contribution in [0, 0.1) is 20.8 Å². The Morgan fingerprint density at radius 3 is 2.45 bits per heavy atom. The van der Waals surface area contributed by atoms with Gasteiger partial charge in [-0.05, 0) is 44.0 Å². The van der Waals surface area contributed by atoms with Crippen molar-refractivity contribution in [2.75, 3.05) is 0 Å². The lowest BCUT2D eigenvalue weighted by Crippen LogP contribution is -2.30. The highest BCUT2D eigenvalue weighted by Gasteiger charge is 2.20. The standard InChI is InChI=1S/C13H14N2O3S2/c1-8-4-5-11(6-9(8)2)20(17,18)15-13(16)12-7-14-10(3)19-12/h4-7H,1-3H3,(H,15,16). The molecule has 0 saturated heterocycles. The fraction of sp³-hybridized carbons (Fsp3) is 0.231. The van der Waals surface area contributed by atoms with E-state index in [4.69, 9.17) is 0 Å². The molecule has 2 rings (SSSR count). The van der Waals surface area contributed by atoms with Crippen LogP contribution in [0.2, 0.25) is 0 Å². The predicted octanol–water partition coefficient (Wildman–Crippen LogP) is 2.19. The van der Waals surface area contributed by atoms with Crippen molar-refractivity contribution in [3.8, 4) is 0 Å². The van der Waals surface area contributed by atoms with E-state index in [2.05, 4.69) is 9.71 Å². The highest BCUT2D eigenvalue weighted by molar-refractivity contribution is 7.90. The van der Waals surface area contributed by atoms with Gasteiger partial charge in [0.1, 0.15) is 4.88 Å². The van der Waals surface area contributed by atoms with E-state index in [0.717, 1.165) is 22.5 Å². The second kappa shape index (κ2) is 5.34. The molecule has 0 unspecified atom stereocenters. The van der Waals surface area contributed by atoms with E-state index in [-0.39, 0.29) is 9.77 Å². The molecule has 1 aromatic carbocycles. The summed E-state index contributed by atoms with van der Waals surface area (Å²) in [5.74, 6) is -0.658. The van der Waals surface area contributed by atoms with E-state index < -0.39 is 15.9 Å². The molecule has 0 fully saturated rings. The van der Waals surface area contributed by atoms with Crippen LogP contribution >= 0.6 is 11.3 Å². The first kappa shape index (κ1) is 14.7. The van der Waals surface area contributed by atoms with Gasteiger partial charge in [-0.3, -0.25) is 4.79 Å². The number of hydrogen-bond acceptors (Lipinski definition) is 5.